The minimum atomic E-state index is -3.10. The first-order valence-electron chi connectivity index (χ1n) is 12.9. The zero-order valence-electron chi connectivity index (χ0n) is 21.4. The van der Waals surface area contributed by atoms with Crippen molar-refractivity contribution in [2.45, 2.75) is 56.7 Å². The number of carbonyl (C=O) groups excluding carboxylic acids is 2. The Morgan fingerprint density at radius 3 is 2.76 bits per heavy atom. The Morgan fingerprint density at radius 2 is 2.08 bits per heavy atom. The largest absolute Gasteiger partial charge is 0.477 e. The average Bonchev–Trinajstić information content (AvgIpc) is 3.54. The van der Waals surface area contributed by atoms with Crippen LogP contribution in [0.4, 0.5) is 30.9 Å². The fraction of sp³-hybridized carbons (Fsp3) is 0.560. The molecule has 3 N–H and O–H groups in total. The number of carbonyl (C=O) groups is 2. The number of piperidine rings is 2. The predicted molar refractivity (Wildman–Crippen MR) is 136 cm³/mol. The minimum absolute atomic E-state index is 0.0572. The van der Waals surface area contributed by atoms with Gasteiger partial charge in [-0.05, 0) is 38.2 Å². The first kappa shape index (κ1) is 26.0. The van der Waals surface area contributed by atoms with Gasteiger partial charge in [0.15, 0.2) is 5.82 Å². The predicted octanol–water partition coefficient (Wildman–Crippen LogP) is 2.73. The maximum atomic E-state index is 15.0. The number of aromatic nitrogens is 3. The Hall–Kier alpha value is -3.61. The van der Waals surface area contributed by atoms with E-state index in [4.69, 9.17) is 4.74 Å². The topological polar surface area (TPSA) is 125 Å². The fourth-order valence-electron chi connectivity index (χ4n) is 5.48. The maximum absolute atomic E-state index is 15.0. The van der Waals surface area contributed by atoms with Crippen molar-refractivity contribution in [3.8, 4) is 5.88 Å². The molecule has 1 saturated carbocycles. The quantitative estimate of drug-likeness (QED) is 0.499. The van der Waals surface area contributed by atoms with E-state index in [1.807, 2.05) is 0 Å². The van der Waals surface area contributed by atoms with Gasteiger partial charge < -0.3 is 25.2 Å². The van der Waals surface area contributed by atoms with Crippen molar-refractivity contribution >= 4 is 29.3 Å². The highest BCUT2D eigenvalue weighted by atomic mass is 19.3. The molecule has 11 nitrogen and oxygen atoms in total. The third kappa shape index (κ3) is 5.47. The van der Waals surface area contributed by atoms with Crippen LogP contribution >= 0.6 is 0 Å². The summed E-state index contributed by atoms with van der Waals surface area (Å²) in [5.41, 5.74) is 0.554. The van der Waals surface area contributed by atoms with Gasteiger partial charge in [0.25, 0.3) is 5.92 Å². The van der Waals surface area contributed by atoms with Crippen molar-refractivity contribution in [3.05, 3.63) is 30.7 Å². The van der Waals surface area contributed by atoms with Crippen molar-refractivity contribution in [3.63, 3.8) is 0 Å². The summed E-state index contributed by atoms with van der Waals surface area (Å²) in [5.74, 6) is -1.97. The van der Waals surface area contributed by atoms with E-state index in [0.717, 1.165) is 24.2 Å². The lowest BCUT2D eigenvalue weighted by atomic mass is 9.99. The van der Waals surface area contributed by atoms with Crippen LogP contribution in [0, 0.1) is 5.92 Å². The molecule has 2 aromatic heterocycles. The number of urea groups is 1. The zero-order valence-corrected chi connectivity index (χ0v) is 21.4. The van der Waals surface area contributed by atoms with Crippen molar-refractivity contribution in [2.75, 3.05) is 42.3 Å². The molecule has 2 saturated heterocycles. The highest BCUT2D eigenvalue weighted by Crippen LogP contribution is 2.36. The Balaban J connectivity index is 1.23. The fourth-order valence-corrected chi connectivity index (χ4v) is 5.48. The second-order valence-electron chi connectivity index (χ2n) is 9.99. The summed E-state index contributed by atoms with van der Waals surface area (Å²) in [4.78, 5) is 40.7. The summed E-state index contributed by atoms with van der Waals surface area (Å²) < 4.78 is 35.2. The standard InChI is InChI=1S/C25H32F2N8O3/c1-3-38-21-13-29-19(12-30-21)33-24(37)34(2)18-14-35(9-7-25(18,26)27)20-11-17(6-8-28-20)32-23(36)22-15-4-5-16(10-15)31-22/h6,8,11-13,15-16,18,22,31H,3-5,7,9-10,14H2,1-2H3,(H,28,32,36)(H,29,33,37). The van der Waals surface area contributed by atoms with Gasteiger partial charge in [-0.2, -0.15) is 0 Å². The molecule has 0 radical (unpaired) electrons. The van der Waals surface area contributed by atoms with Gasteiger partial charge in [-0.3, -0.25) is 10.1 Å². The second-order valence-corrected chi connectivity index (χ2v) is 9.99. The molecule has 204 valence electrons. The number of rotatable bonds is 7. The van der Waals surface area contributed by atoms with E-state index in [9.17, 15) is 18.4 Å². The zero-order chi connectivity index (χ0) is 26.9. The van der Waals surface area contributed by atoms with Crippen molar-refractivity contribution < 1.29 is 23.1 Å². The average molecular weight is 531 g/mol. The first-order valence-corrected chi connectivity index (χ1v) is 12.9. The summed E-state index contributed by atoms with van der Waals surface area (Å²) in [7, 11) is 1.33. The molecule has 4 unspecified atom stereocenters. The van der Waals surface area contributed by atoms with Crippen LogP contribution in [0.15, 0.2) is 30.7 Å². The molecule has 3 fully saturated rings. The van der Waals surface area contributed by atoms with Gasteiger partial charge in [-0.25, -0.2) is 28.5 Å². The van der Waals surface area contributed by atoms with Gasteiger partial charge >= 0.3 is 6.03 Å². The third-order valence-corrected chi connectivity index (χ3v) is 7.52. The molecule has 4 atom stereocenters. The molecular formula is C25H32F2N8O3. The Bertz CT molecular complexity index is 1170. The molecule has 2 aliphatic heterocycles. The number of ether oxygens (including phenoxy) is 1. The van der Waals surface area contributed by atoms with E-state index in [1.165, 1.54) is 19.4 Å². The van der Waals surface area contributed by atoms with Gasteiger partial charge in [0.2, 0.25) is 11.8 Å². The highest BCUT2D eigenvalue weighted by Gasteiger charge is 2.48. The molecule has 3 amide bonds. The Morgan fingerprint density at radius 1 is 1.24 bits per heavy atom. The van der Waals surface area contributed by atoms with Crippen molar-refractivity contribution in [2.24, 2.45) is 5.92 Å². The smallest absolute Gasteiger partial charge is 0.323 e. The van der Waals surface area contributed by atoms with Crippen LogP contribution in [0.1, 0.15) is 32.6 Å². The number of halogens is 2. The molecule has 4 heterocycles. The highest BCUT2D eigenvalue weighted by molar-refractivity contribution is 5.95. The molecule has 2 bridgehead atoms. The van der Waals surface area contributed by atoms with Crippen LogP contribution < -0.4 is 25.6 Å². The summed E-state index contributed by atoms with van der Waals surface area (Å²) >= 11 is 0. The number of amides is 3. The first-order chi connectivity index (χ1) is 18.2. The van der Waals surface area contributed by atoms with Crippen LogP contribution in [0.3, 0.4) is 0 Å². The van der Waals surface area contributed by atoms with E-state index in [0.29, 0.717) is 36.0 Å². The molecule has 3 aliphatic rings. The third-order valence-electron chi connectivity index (χ3n) is 7.52. The number of likely N-dealkylation sites (N-methyl/N-ethyl adjacent to an activating group) is 1. The Labute approximate surface area is 219 Å². The SMILES string of the molecule is CCOc1cnc(NC(=O)N(C)C2CN(c3cc(NC(=O)C4NC5CCC4C5)ccn3)CCC2(F)F)cn1. The van der Waals surface area contributed by atoms with Crippen molar-refractivity contribution in [1.82, 2.24) is 25.2 Å². The monoisotopic (exact) mass is 530 g/mol. The number of hydrogen-bond donors (Lipinski definition) is 3. The second kappa shape index (κ2) is 10.6. The van der Waals surface area contributed by atoms with E-state index in [1.54, 1.807) is 30.2 Å². The van der Waals surface area contributed by atoms with Gasteiger partial charge in [0, 0.05) is 50.6 Å². The normalized spacial score (nSPS) is 25.6. The molecule has 13 heteroatoms. The summed E-state index contributed by atoms with van der Waals surface area (Å²) in [6, 6.07) is 1.41. The van der Waals surface area contributed by atoms with E-state index in [2.05, 4.69) is 30.9 Å². The maximum Gasteiger partial charge on any atom is 0.323 e. The molecule has 5 rings (SSSR count). The Kier molecular flexibility index (Phi) is 7.28. The lowest BCUT2D eigenvalue weighted by Gasteiger charge is -2.42. The van der Waals surface area contributed by atoms with Crippen LogP contribution in [-0.2, 0) is 4.79 Å². The lowest BCUT2D eigenvalue weighted by molar-refractivity contribution is -0.119. The molecular weight excluding hydrogens is 498 g/mol. The van der Waals surface area contributed by atoms with Gasteiger partial charge in [-0.15, -0.1) is 0 Å². The molecule has 2 aromatic rings. The van der Waals surface area contributed by atoms with E-state index in [-0.39, 0.29) is 30.9 Å². The van der Waals surface area contributed by atoms with Gasteiger partial charge in [0.1, 0.15) is 11.9 Å². The van der Waals surface area contributed by atoms with Gasteiger partial charge in [-0.1, -0.05) is 0 Å². The molecule has 0 aromatic carbocycles. The number of nitrogens with one attached hydrogen (secondary N) is 3. The number of pyridine rings is 1. The summed E-state index contributed by atoms with van der Waals surface area (Å²) in [5, 5.41) is 8.82. The van der Waals surface area contributed by atoms with Crippen LogP contribution in [0.25, 0.3) is 0 Å². The minimum Gasteiger partial charge on any atom is -0.477 e. The molecule has 0 spiro atoms. The van der Waals surface area contributed by atoms with Gasteiger partial charge in [0.05, 0.1) is 25.0 Å². The molecule has 1 aliphatic carbocycles. The summed E-state index contributed by atoms with van der Waals surface area (Å²) in [6.07, 6.45) is 6.92. The number of hydrogen-bond acceptors (Lipinski definition) is 8. The number of anilines is 3. The number of fused-ring (bicyclic) bond motifs is 2. The summed E-state index contributed by atoms with van der Waals surface area (Å²) in [6.45, 7) is 2.14. The van der Waals surface area contributed by atoms with Crippen LogP contribution in [0.2, 0.25) is 0 Å². The van der Waals surface area contributed by atoms with Crippen LogP contribution in [0.5, 0.6) is 5.88 Å². The number of alkyl halides is 2. The van der Waals surface area contributed by atoms with E-state index >= 15 is 0 Å². The lowest BCUT2D eigenvalue weighted by Crippen LogP contribution is -2.60. The molecule has 38 heavy (non-hydrogen) atoms. The number of nitrogens with zero attached hydrogens (tertiary/aromatic N) is 5. The van der Waals surface area contributed by atoms with Crippen LogP contribution in [-0.4, -0.2) is 82.6 Å². The van der Waals surface area contributed by atoms with Crippen molar-refractivity contribution in [1.29, 1.82) is 0 Å². The van der Waals surface area contributed by atoms with E-state index < -0.39 is 24.4 Å².